The molecular formula is C43H28. The molecule has 0 radical (unpaired) electrons. The standard InChI is InChI=1S/C43H28/c1-3-17-31(18-4-1)43(32-19-5-2-6-20-32)39-26-14-13-25-37(39)42-36-24-12-11-23-35(36)38(28-40(42)43)41-33-21-9-7-15-29(33)27-30-16-8-10-22-34(30)41/h1-28H. The van der Waals surface area contributed by atoms with Gasteiger partial charge in [-0.25, -0.2) is 0 Å². The molecule has 0 saturated carbocycles. The highest BCUT2D eigenvalue weighted by molar-refractivity contribution is 6.19. The van der Waals surface area contributed by atoms with Crippen LogP contribution in [0.1, 0.15) is 22.3 Å². The quantitative estimate of drug-likeness (QED) is 0.194. The van der Waals surface area contributed by atoms with Crippen LogP contribution in [0.4, 0.5) is 0 Å². The minimum absolute atomic E-state index is 0.451. The maximum absolute atomic E-state index is 2.53. The highest BCUT2D eigenvalue weighted by Gasteiger charge is 2.47. The van der Waals surface area contributed by atoms with Gasteiger partial charge in [-0.3, -0.25) is 0 Å². The number of hydrogen-bond donors (Lipinski definition) is 0. The molecule has 8 aromatic carbocycles. The first kappa shape index (κ1) is 24.2. The van der Waals surface area contributed by atoms with Crippen LogP contribution in [0.2, 0.25) is 0 Å². The Kier molecular flexibility index (Phi) is 5.21. The molecule has 0 amide bonds. The average Bonchev–Trinajstić information content (AvgIpc) is 3.39. The minimum atomic E-state index is -0.451. The van der Waals surface area contributed by atoms with E-state index in [0.717, 1.165) is 0 Å². The molecule has 0 nitrogen and oxygen atoms in total. The fourth-order valence-corrected chi connectivity index (χ4v) is 7.81. The molecule has 1 aliphatic rings. The molecule has 1 aliphatic carbocycles. The molecule has 0 heterocycles. The molecule has 0 atom stereocenters. The summed E-state index contributed by atoms with van der Waals surface area (Å²) >= 11 is 0. The zero-order chi connectivity index (χ0) is 28.4. The van der Waals surface area contributed by atoms with Crippen molar-refractivity contribution < 1.29 is 0 Å². The van der Waals surface area contributed by atoms with Crippen molar-refractivity contribution in [1.29, 1.82) is 0 Å². The van der Waals surface area contributed by atoms with Crippen molar-refractivity contribution in [2.45, 2.75) is 5.41 Å². The van der Waals surface area contributed by atoms with Crippen LogP contribution in [0, 0.1) is 0 Å². The summed E-state index contributed by atoms with van der Waals surface area (Å²) in [6.07, 6.45) is 0. The largest absolute Gasteiger partial charge is 0.0714 e. The summed E-state index contributed by atoms with van der Waals surface area (Å²) in [5.74, 6) is 0. The number of benzene rings is 8. The van der Waals surface area contributed by atoms with Crippen molar-refractivity contribution in [3.63, 3.8) is 0 Å². The Hall–Kier alpha value is -5.46. The van der Waals surface area contributed by atoms with Crippen LogP contribution in [-0.4, -0.2) is 0 Å². The predicted molar refractivity (Wildman–Crippen MR) is 182 cm³/mol. The van der Waals surface area contributed by atoms with E-state index in [4.69, 9.17) is 0 Å². The maximum Gasteiger partial charge on any atom is 0.0714 e. The van der Waals surface area contributed by atoms with Crippen LogP contribution in [0.3, 0.4) is 0 Å². The van der Waals surface area contributed by atoms with Crippen LogP contribution >= 0.6 is 0 Å². The van der Waals surface area contributed by atoms with E-state index in [1.54, 1.807) is 0 Å². The molecule has 43 heavy (non-hydrogen) atoms. The van der Waals surface area contributed by atoms with Crippen molar-refractivity contribution in [2.24, 2.45) is 0 Å². The molecule has 0 heteroatoms. The Bertz CT molecular complexity index is 2230. The van der Waals surface area contributed by atoms with Gasteiger partial charge in [-0.1, -0.05) is 158 Å². The van der Waals surface area contributed by atoms with Gasteiger partial charge < -0.3 is 0 Å². The van der Waals surface area contributed by atoms with E-state index in [9.17, 15) is 0 Å². The van der Waals surface area contributed by atoms with E-state index in [2.05, 4.69) is 170 Å². The van der Waals surface area contributed by atoms with E-state index in [1.807, 2.05) is 0 Å². The van der Waals surface area contributed by atoms with Crippen molar-refractivity contribution in [2.75, 3.05) is 0 Å². The monoisotopic (exact) mass is 544 g/mol. The molecule has 0 aliphatic heterocycles. The molecule has 0 aromatic heterocycles. The van der Waals surface area contributed by atoms with Crippen LogP contribution in [-0.2, 0) is 5.41 Å². The summed E-state index contributed by atoms with van der Waals surface area (Å²) in [5, 5.41) is 7.68. The minimum Gasteiger partial charge on any atom is -0.0622 e. The van der Waals surface area contributed by atoms with Gasteiger partial charge in [-0.2, -0.15) is 0 Å². The summed E-state index contributed by atoms with van der Waals surface area (Å²) in [6.45, 7) is 0. The summed E-state index contributed by atoms with van der Waals surface area (Å²) in [7, 11) is 0. The van der Waals surface area contributed by atoms with Crippen LogP contribution in [0.25, 0.3) is 54.6 Å². The second-order valence-corrected chi connectivity index (χ2v) is 11.6. The normalized spacial score (nSPS) is 13.3. The lowest BCUT2D eigenvalue weighted by Crippen LogP contribution is -2.28. The smallest absolute Gasteiger partial charge is 0.0622 e. The van der Waals surface area contributed by atoms with E-state index in [0.29, 0.717) is 0 Å². The van der Waals surface area contributed by atoms with E-state index < -0.39 is 5.41 Å². The highest BCUT2D eigenvalue weighted by atomic mass is 14.5. The highest BCUT2D eigenvalue weighted by Crippen LogP contribution is 2.59. The Morgan fingerprint density at radius 1 is 0.302 bits per heavy atom. The van der Waals surface area contributed by atoms with Gasteiger partial charge in [0.05, 0.1) is 5.41 Å². The molecule has 0 spiro atoms. The second-order valence-electron chi connectivity index (χ2n) is 11.6. The SMILES string of the molecule is c1ccc(C2(c3ccccc3)c3ccccc3-c3c2cc(-c2c4ccccc4cc4ccccc24)c2ccccc32)cc1. The van der Waals surface area contributed by atoms with Crippen molar-refractivity contribution >= 4 is 32.3 Å². The van der Waals surface area contributed by atoms with E-state index in [1.165, 1.54) is 76.8 Å². The van der Waals surface area contributed by atoms with Gasteiger partial charge >= 0.3 is 0 Å². The van der Waals surface area contributed by atoms with Gasteiger partial charge in [0.2, 0.25) is 0 Å². The first-order valence-corrected chi connectivity index (χ1v) is 15.0. The van der Waals surface area contributed by atoms with Gasteiger partial charge in [-0.15, -0.1) is 0 Å². The average molecular weight is 545 g/mol. The Morgan fingerprint density at radius 2 is 0.791 bits per heavy atom. The van der Waals surface area contributed by atoms with Crippen LogP contribution < -0.4 is 0 Å². The van der Waals surface area contributed by atoms with Gasteiger partial charge in [0, 0.05) is 0 Å². The number of hydrogen-bond acceptors (Lipinski definition) is 0. The van der Waals surface area contributed by atoms with Gasteiger partial charge in [-0.05, 0) is 89.0 Å². The fraction of sp³-hybridized carbons (Fsp3) is 0.0233. The third-order valence-corrected chi connectivity index (χ3v) is 9.50. The summed E-state index contributed by atoms with van der Waals surface area (Å²) in [5.41, 5.74) is 10.1. The van der Waals surface area contributed by atoms with Crippen molar-refractivity contribution in [1.82, 2.24) is 0 Å². The topological polar surface area (TPSA) is 0 Å². The molecule has 9 rings (SSSR count). The van der Waals surface area contributed by atoms with Gasteiger partial charge in [0.25, 0.3) is 0 Å². The molecule has 8 aromatic rings. The van der Waals surface area contributed by atoms with E-state index in [-0.39, 0.29) is 0 Å². The number of rotatable bonds is 3. The molecule has 0 N–H and O–H groups in total. The molecule has 0 bridgehead atoms. The third-order valence-electron chi connectivity index (χ3n) is 9.50. The van der Waals surface area contributed by atoms with Gasteiger partial charge in [0.15, 0.2) is 0 Å². The van der Waals surface area contributed by atoms with Gasteiger partial charge in [0.1, 0.15) is 0 Å². The fourth-order valence-electron chi connectivity index (χ4n) is 7.81. The third kappa shape index (κ3) is 3.32. The Balaban J connectivity index is 1.53. The molecule has 0 saturated heterocycles. The lowest BCUT2D eigenvalue weighted by molar-refractivity contribution is 0.769. The van der Waals surface area contributed by atoms with Crippen LogP contribution in [0.15, 0.2) is 170 Å². The zero-order valence-corrected chi connectivity index (χ0v) is 23.7. The number of fused-ring (bicyclic) bond motifs is 7. The maximum atomic E-state index is 2.53. The Morgan fingerprint density at radius 3 is 1.42 bits per heavy atom. The molecular weight excluding hydrogens is 516 g/mol. The van der Waals surface area contributed by atoms with Crippen LogP contribution in [0.5, 0.6) is 0 Å². The first-order chi connectivity index (χ1) is 21.4. The predicted octanol–water partition coefficient (Wildman–Crippen LogP) is 11.2. The lowest BCUT2D eigenvalue weighted by Gasteiger charge is -2.34. The van der Waals surface area contributed by atoms with E-state index >= 15 is 0 Å². The molecule has 0 fully saturated rings. The first-order valence-electron chi connectivity index (χ1n) is 15.0. The summed E-state index contributed by atoms with van der Waals surface area (Å²) < 4.78 is 0. The van der Waals surface area contributed by atoms with Crippen molar-refractivity contribution in [3.05, 3.63) is 192 Å². The molecule has 200 valence electrons. The lowest BCUT2D eigenvalue weighted by atomic mass is 9.67. The zero-order valence-electron chi connectivity index (χ0n) is 23.7. The summed E-state index contributed by atoms with van der Waals surface area (Å²) in [6, 6.07) is 62.8. The second kappa shape index (κ2) is 9.28. The van der Waals surface area contributed by atoms with Crippen molar-refractivity contribution in [3.8, 4) is 22.3 Å². The molecule has 0 unspecified atom stereocenters. The summed E-state index contributed by atoms with van der Waals surface area (Å²) in [4.78, 5) is 0. The Labute approximate surface area is 251 Å².